The summed E-state index contributed by atoms with van der Waals surface area (Å²) in [4.78, 5) is 21.4. The number of anilines is 1. The summed E-state index contributed by atoms with van der Waals surface area (Å²) in [5.41, 5.74) is 11.1. The van der Waals surface area contributed by atoms with Crippen molar-refractivity contribution in [2.75, 3.05) is 5.73 Å². The molecule has 3 aromatic carbocycles. The third-order valence-electron chi connectivity index (χ3n) is 6.80. The molecule has 6 rings (SSSR count). The number of aromatic amines is 2. The monoisotopic (exact) mass is 598 g/mol. The lowest BCUT2D eigenvalue weighted by atomic mass is 10.0. The van der Waals surface area contributed by atoms with Crippen LogP contribution in [0.5, 0.6) is 0 Å². The van der Waals surface area contributed by atoms with Gasteiger partial charge in [0.15, 0.2) is 5.82 Å². The lowest BCUT2D eigenvalue weighted by Crippen LogP contribution is -2.29. The van der Waals surface area contributed by atoms with Gasteiger partial charge < -0.3 is 16.0 Å². The van der Waals surface area contributed by atoms with Crippen molar-refractivity contribution in [2.24, 2.45) is 0 Å². The molecule has 1 amide bonds. The predicted molar refractivity (Wildman–Crippen MR) is 162 cm³/mol. The smallest absolute Gasteiger partial charge is 0.244 e. The van der Waals surface area contributed by atoms with Crippen LogP contribution in [0.15, 0.2) is 79.1 Å². The van der Waals surface area contributed by atoms with Crippen LogP contribution < -0.4 is 11.1 Å². The highest BCUT2D eigenvalue weighted by Gasteiger charge is 2.22. The second-order valence-corrected chi connectivity index (χ2v) is 10.5. The zero-order chi connectivity index (χ0) is 29.2. The minimum absolute atomic E-state index is 0.320. The fraction of sp³-hybridized carbons (Fsp3) is 0.103. The number of nitrogen functional groups attached to an aromatic ring is 1. The molecule has 0 fully saturated rings. The molecule has 0 unspecified atom stereocenters. The maximum Gasteiger partial charge on any atom is 0.244 e. The Morgan fingerprint density at radius 1 is 1.12 bits per heavy atom. The number of imidazole rings is 1. The summed E-state index contributed by atoms with van der Waals surface area (Å²) in [5, 5.41) is 23.1. The predicted octanol–water partition coefficient (Wildman–Crippen LogP) is 5.32. The fourth-order valence-electron chi connectivity index (χ4n) is 4.76. The molecule has 210 valence electrons. The number of hydrogen-bond donors (Lipinski definition) is 4. The first-order chi connectivity index (χ1) is 20.4. The average molecular weight is 599 g/mol. The Hall–Kier alpha value is -5.00. The maximum atomic E-state index is 13.4. The molecule has 3 heterocycles. The molecule has 0 aliphatic rings. The van der Waals surface area contributed by atoms with Crippen LogP contribution >= 0.6 is 23.2 Å². The van der Waals surface area contributed by atoms with E-state index in [9.17, 15) is 4.79 Å². The molecule has 0 spiro atoms. The number of nitrogens with zero attached hydrogens (tertiary/aromatic N) is 6. The number of nitrogens with two attached hydrogens (primary N) is 1. The van der Waals surface area contributed by atoms with Crippen molar-refractivity contribution in [3.8, 4) is 16.9 Å². The van der Waals surface area contributed by atoms with Gasteiger partial charge in [0.05, 0.1) is 17.2 Å². The van der Waals surface area contributed by atoms with E-state index in [1.165, 1.54) is 17.1 Å². The van der Waals surface area contributed by atoms with E-state index in [2.05, 4.69) is 36.0 Å². The van der Waals surface area contributed by atoms with Crippen LogP contribution in [0.2, 0.25) is 10.2 Å². The summed E-state index contributed by atoms with van der Waals surface area (Å²) in [6.45, 7) is 1.82. The van der Waals surface area contributed by atoms with Gasteiger partial charge in [-0.3, -0.25) is 9.89 Å². The number of amides is 1. The van der Waals surface area contributed by atoms with Gasteiger partial charge in [0.25, 0.3) is 0 Å². The summed E-state index contributed by atoms with van der Waals surface area (Å²) in [5.74, 6) is 0.612. The van der Waals surface area contributed by atoms with E-state index in [0.717, 1.165) is 22.0 Å². The van der Waals surface area contributed by atoms with Crippen LogP contribution in [0.1, 0.15) is 29.9 Å². The van der Waals surface area contributed by atoms with E-state index < -0.39 is 6.04 Å². The van der Waals surface area contributed by atoms with E-state index in [-0.39, 0.29) is 5.91 Å². The number of carbonyl (C=O) groups is 1. The van der Waals surface area contributed by atoms with Crippen LogP contribution in [0, 0.1) is 0 Å². The summed E-state index contributed by atoms with van der Waals surface area (Å²) in [6, 6.07) is 20.2. The minimum atomic E-state index is -0.514. The van der Waals surface area contributed by atoms with Crippen molar-refractivity contribution in [3.05, 3.63) is 106 Å². The Morgan fingerprint density at radius 2 is 1.95 bits per heavy atom. The maximum absolute atomic E-state index is 13.4. The van der Waals surface area contributed by atoms with Gasteiger partial charge in [-0.05, 0) is 65.2 Å². The summed E-state index contributed by atoms with van der Waals surface area (Å²) < 4.78 is 1.51. The molecule has 0 aliphatic heterocycles. The van der Waals surface area contributed by atoms with Crippen LogP contribution in [-0.2, 0) is 11.2 Å². The van der Waals surface area contributed by atoms with Crippen molar-refractivity contribution < 1.29 is 4.79 Å². The number of tetrazole rings is 1. The SMILES string of the molecule is C/C(=C/C(=O)N[C@@H](Cc1ccccc1)c1nc(-c2ccc3c(N)n[nH]c3c2)c(Cl)[nH]1)c1cc(Cl)ccc1-n1cnnn1. The van der Waals surface area contributed by atoms with Gasteiger partial charge >= 0.3 is 0 Å². The van der Waals surface area contributed by atoms with Gasteiger partial charge in [-0.25, -0.2) is 4.98 Å². The van der Waals surface area contributed by atoms with Gasteiger partial charge in [0.1, 0.15) is 23.0 Å². The van der Waals surface area contributed by atoms with Crippen molar-refractivity contribution in [3.63, 3.8) is 0 Å². The highest BCUT2D eigenvalue weighted by molar-refractivity contribution is 6.32. The molecule has 3 aromatic heterocycles. The average Bonchev–Trinajstić information content (AvgIpc) is 3.74. The van der Waals surface area contributed by atoms with Gasteiger partial charge in [-0.2, -0.15) is 9.78 Å². The van der Waals surface area contributed by atoms with E-state index in [1.807, 2.05) is 55.5 Å². The third-order valence-corrected chi connectivity index (χ3v) is 7.31. The number of benzene rings is 3. The van der Waals surface area contributed by atoms with Crippen molar-refractivity contribution >= 4 is 51.4 Å². The molecular weight excluding hydrogens is 575 g/mol. The highest BCUT2D eigenvalue weighted by Crippen LogP contribution is 2.31. The molecule has 0 saturated carbocycles. The van der Waals surface area contributed by atoms with Crippen LogP contribution in [0.3, 0.4) is 0 Å². The molecule has 0 saturated heterocycles. The normalized spacial score (nSPS) is 12.5. The van der Waals surface area contributed by atoms with Crippen molar-refractivity contribution in [1.82, 2.24) is 45.7 Å². The molecule has 13 heteroatoms. The number of hydrogen-bond acceptors (Lipinski definition) is 7. The number of rotatable bonds is 8. The summed E-state index contributed by atoms with van der Waals surface area (Å²) in [7, 11) is 0. The van der Waals surface area contributed by atoms with Gasteiger partial charge in [0, 0.05) is 27.6 Å². The standard InChI is InChI=1S/C29H24Cl2N10O/c1-16(21-14-19(30)8-10-24(21)41-15-33-39-40-41)11-25(42)34-23(12-17-5-3-2-4-6-17)29-35-26(27(31)36-29)18-7-9-20-22(13-18)37-38-28(20)32/h2-11,13-15,23H,12H2,1H3,(H,34,42)(H,35,36)(H3,32,37,38)/b16-11-/t23-/m0/s1. The first-order valence-electron chi connectivity index (χ1n) is 12.9. The highest BCUT2D eigenvalue weighted by atomic mass is 35.5. The number of carbonyl (C=O) groups excluding carboxylic acids is 1. The van der Waals surface area contributed by atoms with Crippen LogP contribution in [0.4, 0.5) is 5.82 Å². The quantitative estimate of drug-likeness (QED) is 0.173. The lowest BCUT2D eigenvalue weighted by molar-refractivity contribution is -0.117. The summed E-state index contributed by atoms with van der Waals surface area (Å²) in [6.07, 6.45) is 3.47. The molecule has 5 N–H and O–H groups in total. The molecule has 0 bridgehead atoms. The Balaban J connectivity index is 1.32. The molecule has 1 atom stereocenters. The zero-order valence-electron chi connectivity index (χ0n) is 22.2. The van der Waals surface area contributed by atoms with E-state index in [1.54, 1.807) is 18.2 Å². The molecular formula is C29H24Cl2N10O. The zero-order valence-corrected chi connectivity index (χ0v) is 23.7. The van der Waals surface area contributed by atoms with Crippen molar-refractivity contribution in [2.45, 2.75) is 19.4 Å². The Labute approximate surface area is 249 Å². The second kappa shape index (κ2) is 11.5. The summed E-state index contributed by atoms with van der Waals surface area (Å²) >= 11 is 12.9. The van der Waals surface area contributed by atoms with Crippen LogP contribution in [0.25, 0.3) is 33.4 Å². The molecule has 6 aromatic rings. The number of allylic oxidation sites excluding steroid dienone is 1. The Bertz CT molecular complexity index is 1910. The van der Waals surface area contributed by atoms with Crippen LogP contribution in [-0.4, -0.2) is 46.3 Å². The molecule has 0 radical (unpaired) electrons. The minimum Gasteiger partial charge on any atom is -0.382 e. The Kier molecular flexibility index (Phi) is 7.43. The fourth-order valence-corrected chi connectivity index (χ4v) is 5.18. The van der Waals surface area contributed by atoms with E-state index in [0.29, 0.717) is 50.8 Å². The molecule has 0 aliphatic carbocycles. The van der Waals surface area contributed by atoms with Gasteiger partial charge in [0.2, 0.25) is 5.91 Å². The first-order valence-corrected chi connectivity index (χ1v) is 13.7. The number of aromatic nitrogens is 8. The van der Waals surface area contributed by atoms with Gasteiger partial charge in [-0.1, -0.05) is 59.6 Å². The third kappa shape index (κ3) is 5.60. The van der Waals surface area contributed by atoms with E-state index >= 15 is 0 Å². The number of nitrogens with one attached hydrogen (secondary N) is 3. The number of fused-ring (bicyclic) bond motifs is 1. The topological polar surface area (TPSA) is 156 Å². The van der Waals surface area contributed by atoms with Gasteiger partial charge in [-0.15, -0.1) is 5.10 Å². The number of halogens is 2. The second-order valence-electron chi connectivity index (χ2n) is 9.65. The Morgan fingerprint density at radius 3 is 2.74 bits per heavy atom. The molecule has 42 heavy (non-hydrogen) atoms. The first kappa shape index (κ1) is 27.2. The number of H-pyrrole nitrogens is 2. The van der Waals surface area contributed by atoms with E-state index in [4.69, 9.17) is 33.9 Å². The van der Waals surface area contributed by atoms with Crippen molar-refractivity contribution in [1.29, 1.82) is 0 Å². The molecule has 11 nitrogen and oxygen atoms in total. The largest absolute Gasteiger partial charge is 0.382 e. The lowest BCUT2D eigenvalue weighted by Gasteiger charge is -2.17.